The number of aliphatic imine (C=N–C) groups is 1. The number of aryl methyl sites for hydroxylation is 1. The lowest BCUT2D eigenvalue weighted by Gasteiger charge is -2.20. The number of carbonyl (C=O) groups excluding carboxylic acids is 1. The number of amides is 1. The second kappa shape index (κ2) is 12.5. The van der Waals surface area contributed by atoms with Gasteiger partial charge in [-0.25, -0.2) is 9.98 Å². The fraction of sp³-hybridized carbons (Fsp3) is 0.524. The maximum absolute atomic E-state index is 12.5. The van der Waals surface area contributed by atoms with Gasteiger partial charge in [-0.15, -0.1) is 24.0 Å². The van der Waals surface area contributed by atoms with E-state index in [4.69, 9.17) is 0 Å². The highest BCUT2D eigenvalue weighted by atomic mass is 127. The Bertz CT molecular complexity index is 830. The van der Waals surface area contributed by atoms with Gasteiger partial charge in [-0.1, -0.05) is 31.4 Å². The number of carbonyl (C=O) groups is 1. The normalized spacial score (nSPS) is 14.7. The van der Waals surface area contributed by atoms with Crippen molar-refractivity contribution >= 4 is 41.5 Å². The smallest absolute Gasteiger partial charge is 0.227 e. The standard InChI is InChI=1S/C21H31N7O.HI/c1-3-22-21(24-14-19-25-15-26-28(19)2)23-13-16-8-7-11-18(12-16)27-20(29)17-9-5-4-6-10-17;/h7-8,11-12,15,17H,3-6,9-10,13-14H2,1-2H3,(H,27,29)(H2,22,23,24);1H. The van der Waals surface area contributed by atoms with Gasteiger partial charge in [0.15, 0.2) is 5.96 Å². The molecule has 3 N–H and O–H groups in total. The fourth-order valence-electron chi connectivity index (χ4n) is 3.51. The summed E-state index contributed by atoms with van der Waals surface area (Å²) in [6.07, 6.45) is 7.09. The van der Waals surface area contributed by atoms with Crippen LogP contribution in [0, 0.1) is 5.92 Å². The Morgan fingerprint density at radius 3 is 2.73 bits per heavy atom. The number of anilines is 1. The number of hydrogen-bond donors (Lipinski definition) is 3. The van der Waals surface area contributed by atoms with E-state index in [0.29, 0.717) is 19.0 Å². The highest BCUT2D eigenvalue weighted by molar-refractivity contribution is 14.0. The van der Waals surface area contributed by atoms with Crippen molar-refractivity contribution in [2.45, 2.75) is 52.1 Å². The molecule has 1 amide bonds. The number of guanidine groups is 1. The first-order chi connectivity index (χ1) is 14.2. The van der Waals surface area contributed by atoms with Gasteiger partial charge in [-0.05, 0) is 37.5 Å². The van der Waals surface area contributed by atoms with Crippen molar-refractivity contribution in [3.63, 3.8) is 0 Å². The molecule has 3 rings (SSSR count). The first-order valence-corrected chi connectivity index (χ1v) is 10.4. The Morgan fingerprint density at radius 2 is 2.03 bits per heavy atom. The van der Waals surface area contributed by atoms with E-state index in [1.165, 1.54) is 12.7 Å². The third-order valence-electron chi connectivity index (χ3n) is 5.15. The molecular formula is C21H32IN7O. The second-order valence-electron chi connectivity index (χ2n) is 7.37. The van der Waals surface area contributed by atoms with E-state index in [0.717, 1.165) is 49.3 Å². The van der Waals surface area contributed by atoms with Crippen LogP contribution in [0.2, 0.25) is 0 Å². The molecule has 1 aromatic carbocycles. The zero-order chi connectivity index (χ0) is 20.5. The van der Waals surface area contributed by atoms with Crippen LogP contribution >= 0.6 is 24.0 Å². The van der Waals surface area contributed by atoms with E-state index in [-0.39, 0.29) is 35.8 Å². The van der Waals surface area contributed by atoms with Crippen molar-refractivity contribution < 1.29 is 4.79 Å². The molecule has 9 heteroatoms. The predicted molar refractivity (Wildman–Crippen MR) is 130 cm³/mol. The number of halogens is 1. The summed E-state index contributed by atoms with van der Waals surface area (Å²) < 4.78 is 1.73. The highest BCUT2D eigenvalue weighted by Gasteiger charge is 2.21. The molecule has 2 aromatic rings. The quantitative estimate of drug-likeness (QED) is 0.293. The van der Waals surface area contributed by atoms with E-state index in [1.54, 1.807) is 4.68 Å². The Hall–Kier alpha value is -2.17. The van der Waals surface area contributed by atoms with E-state index in [2.05, 4.69) is 31.0 Å². The van der Waals surface area contributed by atoms with Gasteiger partial charge in [0.1, 0.15) is 12.2 Å². The average molecular weight is 525 g/mol. The SMILES string of the molecule is CCNC(=NCc1cccc(NC(=O)C2CCCCC2)c1)NCc1ncnn1C.I. The summed E-state index contributed by atoms with van der Waals surface area (Å²) in [5.41, 5.74) is 1.88. The van der Waals surface area contributed by atoms with Crippen LogP contribution in [0.25, 0.3) is 0 Å². The molecule has 0 radical (unpaired) electrons. The molecule has 0 unspecified atom stereocenters. The summed E-state index contributed by atoms with van der Waals surface area (Å²) in [6.45, 7) is 3.85. The van der Waals surface area contributed by atoms with Crippen LogP contribution in [0.4, 0.5) is 5.69 Å². The zero-order valence-corrected chi connectivity index (χ0v) is 20.1. The Kier molecular flexibility index (Phi) is 10.0. The van der Waals surface area contributed by atoms with Gasteiger partial charge >= 0.3 is 0 Å². The molecule has 1 fully saturated rings. The molecule has 0 spiro atoms. The van der Waals surface area contributed by atoms with Crippen molar-refractivity contribution in [2.75, 3.05) is 11.9 Å². The molecule has 0 saturated heterocycles. The minimum atomic E-state index is 0. The molecule has 1 saturated carbocycles. The van der Waals surface area contributed by atoms with Gasteiger partial charge in [0, 0.05) is 25.2 Å². The van der Waals surface area contributed by atoms with Crippen molar-refractivity contribution in [3.05, 3.63) is 42.0 Å². The third-order valence-corrected chi connectivity index (χ3v) is 5.15. The average Bonchev–Trinajstić information content (AvgIpc) is 3.16. The molecule has 0 aliphatic heterocycles. The van der Waals surface area contributed by atoms with Crippen molar-refractivity contribution in [1.82, 2.24) is 25.4 Å². The molecule has 8 nitrogen and oxygen atoms in total. The minimum absolute atomic E-state index is 0. The van der Waals surface area contributed by atoms with E-state index in [1.807, 2.05) is 38.2 Å². The third kappa shape index (κ3) is 7.26. The van der Waals surface area contributed by atoms with Gasteiger partial charge in [0.2, 0.25) is 5.91 Å². The summed E-state index contributed by atoms with van der Waals surface area (Å²) in [5, 5.41) is 13.7. The summed E-state index contributed by atoms with van der Waals surface area (Å²) in [6, 6.07) is 7.91. The van der Waals surface area contributed by atoms with Crippen LogP contribution in [0.15, 0.2) is 35.6 Å². The van der Waals surface area contributed by atoms with Gasteiger partial charge in [-0.2, -0.15) is 5.10 Å². The molecule has 0 bridgehead atoms. The first kappa shape index (κ1) is 24.1. The largest absolute Gasteiger partial charge is 0.357 e. The number of aromatic nitrogens is 3. The van der Waals surface area contributed by atoms with Crippen LogP contribution in [0.1, 0.15) is 50.4 Å². The van der Waals surface area contributed by atoms with Gasteiger partial charge in [-0.3, -0.25) is 9.48 Å². The zero-order valence-electron chi connectivity index (χ0n) is 17.7. The molecule has 1 aromatic heterocycles. The van der Waals surface area contributed by atoms with Crippen LogP contribution < -0.4 is 16.0 Å². The second-order valence-corrected chi connectivity index (χ2v) is 7.37. The van der Waals surface area contributed by atoms with Crippen LogP contribution in [0.5, 0.6) is 0 Å². The van der Waals surface area contributed by atoms with Crippen LogP contribution in [-0.4, -0.2) is 33.2 Å². The maximum Gasteiger partial charge on any atom is 0.227 e. The number of nitrogens with one attached hydrogen (secondary N) is 3. The number of nitrogens with zero attached hydrogens (tertiary/aromatic N) is 4. The fourth-order valence-corrected chi connectivity index (χ4v) is 3.51. The topological polar surface area (TPSA) is 96.2 Å². The number of hydrogen-bond acceptors (Lipinski definition) is 4. The van der Waals surface area contributed by atoms with Crippen molar-refractivity contribution in [1.29, 1.82) is 0 Å². The summed E-state index contributed by atoms with van der Waals surface area (Å²) >= 11 is 0. The van der Waals surface area contributed by atoms with Gasteiger partial charge in [0.05, 0.1) is 13.1 Å². The Balaban J connectivity index is 0.00000320. The van der Waals surface area contributed by atoms with E-state index >= 15 is 0 Å². The van der Waals surface area contributed by atoms with Gasteiger partial charge < -0.3 is 16.0 Å². The molecule has 164 valence electrons. The number of benzene rings is 1. The van der Waals surface area contributed by atoms with Crippen LogP contribution in [-0.2, 0) is 24.9 Å². The summed E-state index contributed by atoms with van der Waals surface area (Å²) in [7, 11) is 1.86. The van der Waals surface area contributed by atoms with E-state index in [9.17, 15) is 4.79 Å². The lowest BCUT2D eigenvalue weighted by molar-refractivity contribution is -0.120. The summed E-state index contributed by atoms with van der Waals surface area (Å²) in [5.74, 6) is 1.84. The van der Waals surface area contributed by atoms with Crippen LogP contribution in [0.3, 0.4) is 0 Å². The van der Waals surface area contributed by atoms with Crippen molar-refractivity contribution in [2.24, 2.45) is 18.0 Å². The maximum atomic E-state index is 12.5. The molecule has 0 atom stereocenters. The Morgan fingerprint density at radius 1 is 1.23 bits per heavy atom. The first-order valence-electron chi connectivity index (χ1n) is 10.4. The lowest BCUT2D eigenvalue weighted by atomic mass is 9.88. The van der Waals surface area contributed by atoms with Crippen molar-refractivity contribution in [3.8, 4) is 0 Å². The highest BCUT2D eigenvalue weighted by Crippen LogP contribution is 2.25. The minimum Gasteiger partial charge on any atom is -0.357 e. The number of rotatable bonds is 7. The molecule has 1 heterocycles. The molecule has 1 aliphatic carbocycles. The molecule has 1 aliphatic rings. The summed E-state index contributed by atoms with van der Waals surface area (Å²) in [4.78, 5) is 21.3. The van der Waals surface area contributed by atoms with Gasteiger partial charge in [0.25, 0.3) is 0 Å². The molecular weight excluding hydrogens is 493 g/mol. The Labute approximate surface area is 195 Å². The lowest BCUT2D eigenvalue weighted by Crippen LogP contribution is -2.37. The van der Waals surface area contributed by atoms with E-state index < -0.39 is 0 Å². The monoisotopic (exact) mass is 525 g/mol. The predicted octanol–water partition coefficient (Wildman–Crippen LogP) is 3.21. The molecule has 30 heavy (non-hydrogen) atoms.